The van der Waals surface area contributed by atoms with Crippen molar-refractivity contribution in [2.45, 2.75) is 43.0 Å². The maximum atomic E-state index is 13.3. The van der Waals surface area contributed by atoms with Gasteiger partial charge in [-0.3, -0.25) is 14.3 Å². The van der Waals surface area contributed by atoms with Crippen LogP contribution in [0.2, 0.25) is 10.0 Å². The van der Waals surface area contributed by atoms with Crippen LogP contribution in [-0.2, 0) is 14.8 Å². The first kappa shape index (κ1) is 25.2. The van der Waals surface area contributed by atoms with E-state index in [0.717, 1.165) is 19.3 Å². The molecule has 2 aromatic rings. The Bertz CT molecular complexity index is 1330. The predicted molar refractivity (Wildman–Crippen MR) is 137 cm³/mol. The molecule has 4 fully saturated rings. The maximum Gasteiger partial charge on any atom is 0.261 e. The molecular weight excluding hydrogens is 525 g/mol. The molecule has 0 aromatic heterocycles. The van der Waals surface area contributed by atoms with Crippen LogP contribution in [0.1, 0.15) is 42.5 Å². The molecule has 0 radical (unpaired) electrons. The van der Waals surface area contributed by atoms with Crippen LogP contribution in [-0.4, -0.2) is 33.4 Å². The molecular formula is C25H27Cl2N3O5S. The van der Waals surface area contributed by atoms with Gasteiger partial charge in [-0.2, -0.15) is 0 Å². The number of benzene rings is 2. The fraction of sp³-hybridized carbons (Fsp3) is 0.440. The second-order valence-corrected chi connectivity index (χ2v) is 12.7. The zero-order valence-corrected chi connectivity index (χ0v) is 21.9. The third kappa shape index (κ3) is 4.41. The fourth-order valence-corrected chi connectivity index (χ4v) is 8.18. The fourth-order valence-electron chi connectivity index (χ4n) is 6.58. The number of nitrogens with one attached hydrogen (secondary N) is 2. The van der Waals surface area contributed by atoms with Crippen LogP contribution in [0.4, 0.5) is 5.69 Å². The number of ether oxygens (including phenoxy) is 1. The lowest BCUT2D eigenvalue weighted by atomic mass is 9.47. The molecule has 4 saturated carbocycles. The Morgan fingerprint density at radius 2 is 1.72 bits per heavy atom. The minimum Gasteiger partial charge on any atom is -0.495 e. The van der Waals surface area contributed by atoms with E-state index in [9.17, 15) is 18.0 Å². The first-order valence-electron chi connectivity index (χ1n) is 11.8. The quantitative estimate of drug-likeness (QED) is 0.474. The highest BCUT2D eigenvalue weighted by Crippen LogP contribution is 2.60. The maximum absolute atomic E-state index is 13.3. The molecule has 4 aliphatic rings. The van der Waals surface area contributed by atoms with E-state index in [1.807, 2.05) is 0 Å². The Hall–Kier alpha value is -2.49. The molecule has 0 saturated heterocycles. The molecule has 4 bridgehead atoms. The summed E-state index contributed by atoms with van der Waals surface area (Å²) in [4.78, 5) is 25.4. The van der Waals surface area contributed by atoms with Gasteiger partial charge in [-0.05, 0) is 86.3 Å². The largest absolute Gasteiger partial charge is 0.495 e. The van der Waals surface area contributed by atoms with E-state index in [1.54, 1.807) is 0 Å². The predicted octanol–water partition coefficient (Wildman–Crippen LogP) is 4.21. The molecule has 2 unspecified atom stereocenters. The number of rotatable bonds is 7. The summed E-state index contributed by atoms with van der Waals surface area (Å²) in [5.41, 5.74) is 5.68. The molecule has 192 valence electrons. The Morgan fingerprint density at radius 1 is 1.03 bits per heavy atom. The molecule has 2 amide bonds. The highest BCUT2D eigenvalue weighted by atomic mass is 35.5. The highest BCUT2D eigenvalue weighted by molar-refractivity contribution is 7.92. The van der Waals surface area contributed by atoms with Crippen LogP contribution < -0.4 is 20.5 Å². The summed E-state index contributed by atoms with van der Waals surface area (Å²) in [5, 5.41) is 3.50. The van der Waals surface area contributed by atoms with Crippen molar-refractivity contribution in [3.63, 3.8) is 0 Å². The molecule has 36 heavy (non-hydrogen) atoms. The van der Waals surface area contributed by atoms with Gasteiger partial charge in [0, 0.05) is 17.1 Å². The minimum absolute atomic E-state index is 0.0498. The average Bonchev–Trinajstić information content (AvgIpc) is 2.81. The zero-order valence-electron chi connectivity index (χ0n) is 19.6. The zero-order chi connectivity index (χ0) is 25.8. The second-order valence-electron chi connectivity index (χ2n) is 10.2. The summed E-state index contributed by atoms with van der Waals surface area (Å²) >= 11 is 12.4. The average molecular weight is 552 g/mol. The molecule has 2 atom stereocenters. The number of amides is 2. The first-order chi connectivity index (χ1) is 17.0. The van der Waals surface area contributed by atoms with Crippen LogP contribution >= 0.6 is 23.2 Å². The summed E-state index contributed by atoms with van der Waals surface area (Å²) in [5.74, 6) is 0.594. The van der Waals surface area contributed by atoms with Gasteiger partial charge in [-0.1, -0.05) is 23.2 Å². The van der Waals surface area contributed by atoms with Crippen LogP contribution in [0.25, 0.3) is 0 Å². The summed E-state index contributed by atoms with van der Waals surface area (Å²) in [6, 6.07) is 8.45. The standard InChI is InChI=1S/C25H27Cl2N3O5S/c1-35-21-5-3-17(9-20(21)27)36(33,34)30-16-2-4-19(26)18(8-16)23(31)29-22-14-6-13-7-15(22)12-25(10-13,11-14)24(28)32/h2-5,8-9,13-15,22,30H,6-7,10-12H2,1H3,(H2,28,32)(H,29,31)/t13-,14?,15?,22+,25?. The lowest BCUT2D eigenvalue weighted by molar-refractivity contribution is -0.145. The number of hydrogen-bond donors (Lipinski definition) is 3. The lowest BCUT2D eigenvalue weighted by Gasteiger charge is -2.58. The van der Waals surface area contributed by atoms with E-state index >= 15 is 0 Å². The molecule has 6 rings (SSSR count). The van der Waals surface area contributed by atoms with Crippen molar-refractivity contribution in [3.8, 4) is 5.75 Å². The summed E-state index contributed by atoms with van der Waals surface area (Å²) < 4.78 is 33.4. The molecule has 0 heterocycles. The molecule has 11 heteroatoms. The lowest BCUT2D eigenvalue weighted by Crippen LogP contribution is -2.62. The highest BCUT2D eigenvalue weighted by Gasteiger charge is 2.58. The Morgan fingerprint density at radius 3 is 2.33 bits per heavy atom. The molecule has 8 nitrogen and oxygen atoms in total. The number of halogens is 2. The van der Waals surface area contributed by atoms with E-state index < -0.39 is 15.4 Å². The number of primary amides is 1. The van der Waals surface area contributed by atoms with E-state index in [2.05, 4.69) is 10.0 Å². The molecule has 0 spiro atoms. The number of anilines is 1. The number of hydrogen-bond acceptors (Lipinski definition) is 5. The number of carbonyl (C=O) groups excluding carboxylic acids is 2. The number of carbonyl (C=O) groups is 2. The number of nitrogens with two attached hydrogens (primary N) is 1. The summed E-state index contributed by atoms with van der Waals surface area (Å²) in [7, 11) is -2.54. The molecule has 2 aromatic carbocycles. The monoisotopic (exact) mass is 551 g/mol. The number of methoxy groups -OCH3 is 1. The van der Waals surface area contributed by atoms with Crippen LogP contribution in [0.3, 0.4) is 0 Å². The van der Waals surface area contributed by atoms with Crippen LogP contribution in [0.15, 0.2) is 41.3 Å². The van der Waals surface area contributed by atoms with E-state index in [4.69, 9.17) is 33.7 Å². The van der Waals surface area contributed by atoms with Crippen molar-refractivity contribution in [1.29, 1.82) is 0 Å². The van der Waals surface area contributed by atoms with Gasteiger partial charge in [-0.15, -0.1) is 0 Å². The van der Waals surface area contributed by atoms with Crippen molar-refractivity contribution in [2.75, 3.05) is 11.8 Å². The van der Waals surface area contributed by atoms with Gasteiger partial charge in [0.05, 0.1) is 27.6 Å². The third-order valence-electron chi connectivity index (χ3n) is 7.99. The Balaban J connectivity index is 1.34. The molecule has 0 aliphatic heterocycles. The number of sulfonamides is 1. The third-order valence-corrected chi connectivity index (χ3v) is 9.99. The van der Waals surface area contributed by atoms with E-state index in [-0.39, 0.29) is 55.9 Å². The van der Waals surface area contributed by atoms with Gasteiger partial charge in [-0.25, -0.2) is 8.42 Å². The second kappa shape index (κ2) is 9.11. The van der Waals surface area contributed by atoms with Gasteiger partial charge >= 0.3 is 0 Å². The van der Waals surface area contributed by atoms with Gasteiger partial charge in [0.1, 0.15) is 5.75 Å². The van der Waals surface area contributed by atoms with Crippen LogP contribution in [0, 0.1) is 23.2 Å². The minimum atomic E-state index is -3.98. The van der Waals surface area contributed by atoms with Crippen molar-refractivity contribution in [3.05, 3.63) is 52.0 Å². The van der Waals surface area contributed by atoms with Crippen molar-refractivity contribution >= 4 is 50.7 Å². The van der Waals surface area contributed by atoms with E-state index in [1.165, 1.54) is 43.5 Å². The Kier molecular flexibility index (Phi) is 6.37. The van der Waals surface area contributed by atoms with Gasteiger partial charge in [0.2, 0.25) is 5.91 Å². The van der Waals surface area contributed by atoms with Crippen molar-refractivity contribution in [2.24, 2.45) is 28.9 Å². The summed E-state index contributed by atoms with van der Waals surface area (Å²) in [6.07, 6.45) is 4.17. The van der Waals surface area contributed by atoms with E-state index in [0.29, 0.717) is 24.5 Å². The first-order valence-corrected chi connectivity index (χ1v) is 14.0. The van der Waals surface area contributed by atoms with Gasteiger partial charge < -0.3 is 15.8 Å². The SMILES string of the molecule is COc1ccc(S(=O)(=O)Nc2ccc(Cl)c(C(=O)N[C@H]3C4CC5(C(N)=O)CC3C[C@@H](C4)C5)c2)cc1Cl. The van der Waals surface area contributed by atoms with Gasteiger partial charge in [0.15, 0.2) is 0 Å². The molecule has 4 aliphatic carbocycles. The van der Waals surface area contributed by atoms with Crippen molar-refractivity contribution in [1.82, 2.24) is 5.32 Å². The smallest absolute Gasteiger partial charge is 0.261 e. The molecule has 4 N–H and O–H groups in total. The Labute approximate surface area is 219 Å². The normalized spacial score (nSPS) is 28.5. The van der Waals surface area contributed by atoms with Gasteiger partial charge in [0.25, 0.3) is 15.9 Å². The van der Waals surface area contributed by atoms with Crippen LogP contribution in [0.5, 0.6) is 5.75 Å². The summed E-state index contributed by atoms with van der Waals surface area (Å²) in [6.45, 7) is 0. The topological polar surface area (TPSA) is 128 Å². The van der Waals surface area contributed by atoms with Crippen molar-refractivity contribution < 1.29 is 22.7 Å².